The Hall–Kier alpha value is -3.02. The van der Waals surface area contributed by atoms with Crippen molar-refractivity contribution in [1.29, 1.82) is 0 Å². The van der Waals surface area contributed by atoms with Crippen LogP contribution in [-0.4, -0.2) is 25.0 Å². The van der Waals surface area contributed by atoms with Crippen molar-refractivity contribution in [2.45, 2.75) is 13.8 Å². The van der Waals surface area contributed by atoms with Gasteiger partial charge in [-0.1, -0.05) is 6.07 Å². The van der Waals surface area contributed by atoms with E-state index in [4.69, 9.17) is 4.74 Å². The van der Waals surface area contributed by atoms with Crippen LogP contribution >= 0.6 is 0 Å². The van der Waals surface area contributed by atoms with Crippen molar-refractivity contribution in [3.05, 3.63) is 48.5 Å². The van der Waals surface area contributed by atoms with E-state index in [1.165, 1.54) is 6.92 Å². The molecule has 0 aliphatic carbocycles. The zero-order chi connectivity index (χ0) is 17.4. The van der Waals surface area contributed by atoms with E-state index in [-0.39, 0.29) is 18.4 Å². The molecule has 0 aromatic heterocycles. The molecule has 126 valence electrons. The summed E-state index contributed by atoms with van der Waals surface area (Å²) in [6.45, 7) is 4.09. The van der Waals surface area contributed by atoms with Crippen molar-refractivity contribution in [2.75, 3.05) is 29.1 Å². The second-order valence-corrected chi connectivity index (χ2v) is 5.12. The highest BCUT2D eigenvalue weighted by molar-refractivity contribution is 5.94. The van der Waals surface area contributed by atoms with Crippen LogP contribution < -0.4 is 20.7 Å². The van der Waals surface area contributed by atoms with Crippen molar-refractivity contribution >= 4 is 28.9 Å². The number of benzene rings is 2. The first kappa shape index (κ1) is 17.3. The van der Waals surface area contributed by atoms with Gasteiger partial charge in [0, 0.05) is 24.0 Å². The van der Waals surface area contributed by atoms with Gasteiger partial charge in [-0.2, -0.15) is 0 Å². The molecule has 0 aliphatic heterocycles. The highest BCUT2D eigenvalue weighted by Gasteiger charge is 2.04. The summed E-state index contributed by atoms with van der Waals surface area (Å²) in [6, 6.07) is 14.4. The van der Waals surface area contributed by atoms with Crippen molar-refractivity contribution in [1.82, 2.24) is 0 Å². The molecule has 3 N–H and O–H groups in total. The van der Waals surface area contributed by atoms with Crippen LogP contribution in [0.3, 0.4) is 0 Å². The summed E-state index contributed by atoms with van der Waals surface area (Å²) in [5.41, 5.74) is 2.14. The quantitative estimate of drug-likeness (QED) is 0.730. The number of carbonyl (C=O) groups excluding carboxylic acids is 2. The lowest BCUT2D eigenvalue weighted by Crippen LogP contribution is -2.21. The molecule has 24 heavy (non-hydrogen) atoms. The number of hydrogen-bond donors (Lipinski definition) is 3. The molecule has 0 saturated heterocycles. The molecule has 2 aromatic rings. The Bertz CT molecular complexity index is 699. The van der Waals surface area contributed by atoms with E-state index >= 15 is 0 Å². The Kier molecular flexibility index (Phi) is 6.19. The van der Waals surface area contributed by atoms with E-state index in [0.717, 1.165) is 11.4 Å². The van der Waals surface area contributed by atoms with Crippen molar-refractivity contribution in [3.8, 4) is 5.75 Å². The predicted molar refractivity (Wildman–Crippen MR) is 95.5 cm³/mol. The Morgan fingerprint density at radius 3 is 2.33 bits per heavy atom. The number of anilines is 3. The molecule has 6 heteroatoms. The fraction of sp³-hybridized carbons (Fsp3) is 0.222. The summed E-state index contributed by atoms with van der Waals surface area (Å²) in [6.07, 6.45) is 0. The fourth-order valence-electron chi connectivity index (χ4n) is 2.10. The van der Waals surface area contributed by atoms with Crippen molar-refractivity contribution < 1.29 is 14.3 Å². The lowest BCUT2D eigenvalue weighted by molar-refractivity contribution is -0.115. The van der Waals surface area contributed by atoms with Gasteiger partial charge in [0.2, 0.25) is 11.8 Å². The first-order valence-electron chi connectivity index (χ1n) is 7.71. The molecule has 0 radical (unpaired) electrons. The van der Waals surface area contributed by atoms with Crippen LogP contribution in [0, 0.1) is 0 Å². The molecular formula is C18H21N3O3. The third kappa shape index (κ3) is 5.64. The first-order valence-corrected chi connectivity index (χ1v) is 7.71. The van der Waals surface area contributed by atoms with E-state index in [2.05, 4.69) is 16.0 Å². The van der Waals surface area contributed by atoms with Crippen molar-refractivity contribution in [3.63, 3.8) is 0 Å². The van der Waals surface area contributed by atoms with Gasteiger partial charge < -0.3 is 20.7 Å². The lowest BCUT2D eigenvalue weighted by Gasteiger charge is -2.10. The summed E-state index contributed by atoms with van der Waals surface area (Å²) in [4.78, 5) is 23.0. The minimum absolute atomic E-state index is 0.122. The second-order valence-electron chi connectivity index (χ2n) is 5.12. The first-order chi connectivity index (χ1) is 11.6. The Morgan fingerprint density at radius 1 is 0.958 bits per heavy atom. The second kappa shape index (κ2) is 8.57. The standard InChI is InChI=1S/C18H21N3O3/c1-3-24-17-9-7-14(8-10-17)21-18(23)12-19-15-5-4-6-16(11-15)20-13(2)22/h4-11,19H,3,12H2,1-2H3,(H,20,22)(H,21,23). The van der Waals surface area contributed by atoms with Crippen LogP contribution in [0.5, 0.6) is 5.75 Å². The van der Waals surface area contributed by atoms with E-state index < -0.39 is 0 Å². The summed E-state index contributed by atoms with van der Waals surface area (Å²) in [5.74, 6) is 0.466. The monoisotopic (exact) mass is 327 g/mol. The molecule has 2 aromatic carbocycles. The van der Waals surface area contributed by atoms with Crippen LogP contribution in [0.4, 0.5) is 17.1 Å². The molecule has 0 fully saturated rings. The number of carbonyl (C=O) groups is 2. The number of amides is 2. The van der Waals surface area contributed by atoms with Crippen LogP contribution in [0.25, 0.3) is 0 Å². The van der Waals surface area contributed by atoms with Crippen LogP contribution in [0.2, 0.25) is 0 Å². The maximum absolute atomic E-state index is 12.0. The number of hydrogen-bond acceptors (Lipinski definition) is 4. The van der Waals surface area contributed by atoms with Gasteiger partial charge in [-0.15, -0.1) is 0 Å². The molecule has 6 nitrogen and oxygen atoms in total. The van der Waals surface area contributed by atoms with Gasteiger partial charge in [0.05, 0.1) is 13.2 Å². The minimum atomic E-state index is -0.163. The van der Waals surface area contributed by atoms with Crippen molar-refractivity contribution in [2.24, 2.45) is 0 Å². The fourth-order valence-corrected chi connectivity index (χ4v) is 2.10. The zero-order valence-electron chi connectivity index (χ0n) is 13.8. The highest BCUT2D eigenvalue weighted by Crippen LogP contribution is 2.16. The van der Waals surface area contributed by atoms with E-state index in [1.54, 1.807) is 30.3 Å². The highest BCUT2D eigenvalue weighted by atomic mass is 16.5. The van der Waals surface area contributed by atoms with Gasteiger partial charge in [-0.3, -0.25) is 9.59 Å². The summed E-state index contributed by atoms with van der Waals surface area (Å²) in [7, 11) is 0. The molecule has 2 rings (SSSR count). The molecule has 0 atom stereocenters. The van der Waals surface area contributed by atoms with Crippen LogP contribution in [-0.2, 0) is 9.59 Å². The van der Waals surface area contributed by atoms with Gasteiger partial charge in [-0.05, 0) is 49.4 Å². The molecule has 0 heterocycles. The molecule has 0 spiro atoms. The largest absolute Gasteiger partial charge is 0.494 e. The Balaban J connectivity index is 1.85. The van der Waals surface area contributed by atoms with Gasteiger partial charge in [0.1, 0.15) is 5.75 Å². The minimum Gasteiger partial charge on any atom is -0.494 e. The number of nitrogens with one attached hydrogen (secondary N) is 3. The molecule has 0 saturated carbocycles. The predicted octanol–water partition coefficient (Wildman–Crippen LogP) is 3.09. The lowest BCUT2D eigenvalue weighted by atomic mass is 10.2. The number of rotatable bonds is 7. The van der Waals surface area contributed by atoms with Crippen LogP contribution in [0.15, 0.2) is 48.5 Å². The molecule has 0 unspecified atom stereocenters. The summed E-state index contributed by atoms with van der Waals surface area (Å²) >= 11 is 0. The van der Waals surface area contributed by atoms with E-state index in [0.29, 0.717) is 18.0 Å². The normalized spacial score (nSPS) is 9.92. The Morgan fingerprint density at radius 2 is 1.67 bits per heavy atom. The molecular weight excluding hydrogens is 306 g/mol. The van der Waals surface area contributed by atoms with Gasteiger partial charge in [0.25, 0.3) is 0 Å². The molecule has 0 bridgehead atoms. The average molecular weight is 327 g/mol. The maximum atomic E-state index is 12.0. The smallest absolute Gasteiger partial charge is 0.243 e. The maximum Gasteiger partial charge on any atom is 0.243 e. The van der Waals surface area contributed by atoms with Crippen LogP contribution in [0.1, 0.15) is 13.8 Å². The Labute approximate surface area is 141 Å². The zero-order valence-corrected chi connectivity index (χ0v) is 13.8. The number of ether oxygens (including phenoxy) is 1. The third-order valence-corrected chi connectivity index (χ3v) is 3.09. The van der Waals surface area contributed by atoms with Gasteiger partial charge >= 0.3 is 0 Å². The molecule has 0 aliphatic rings. The van der Waals surface area contributed by atoms with Gasteiger partial charge in [-0.25, -0.2) is 0 Å². The van der Waals surface area contributed by atoms with E-state index in [9.17, 15) is 9.59 Å². The van der Waals surface area contributed by atoms with E-state index in [1.807, 2.05) is 25.1 Å². The average Bonchev–Trinajstić information content (AvgIpc) is 2.55. The van der Waals surface area contributed by atoms with Gasteiger partial charge in [0.15, 0.2) is 0 Å². The molecule has 2 amide bonds. The summed E-state index contributed by atoms with van der Waals surface area (Å²) < 4.78 is 5.35. The topological polar surface area (TPSA) is 79.5 Å². The SMILES string of the molecule is CCOc1ccc(NC(=O)CNc2cccc(NC(C)=O)c2)cc1. The third-order valence-electron chi connectivity index (χ3n) is 3.09. The summed E-state index contributed by atoms with van der Waals surface area (Å²) in [5, 5.41) is 8.52.